The minimum Gasteiger partial charge on any atom is -0.459 e. The van der Waals surface area contributed by atoms with Gasteiger partial charge in [0.25, 0.3) is 0 Å². The van der Waals surface area contributed by atoms with E-state index in [1.807, 2.05) is 6.07 Å². The van der Waals surface area contributed by atoms with Gasteiger partial charge in [0.05, 0.1) is 5.92 Å². The Bertz CT molecular complexity index is 750. The van der Waals surface area contributed by atoms with Gasteiger partial charge in [0.2, 0.25) is 11.8 Å². The maximum atomic E-state index is 13.9. The molecular weight excluding hydrogens is 398 g/mol. The molecule has 1 aromatic rings. The number of amides is 2. The quantitative estimate of drug-likeness (QED) is 0.682. The Kier molecular flexibility index (Phi) is 7.75. The first-order valence-electron chi connectivity index (χ1n) is 9.80. The first-order valence-corrected chi connectivity index (χ1v) is 9.80. The van der Waals surface area contributed by atoms with Crippen molar-refractivity contribution in [2.24, 2.45) is 5.92 Å². The summed E-state index contributed by atoms with van der Waals surface area (Å²) in [5.74, 6) is -5.64. The number of carbonyl (C=O) groups excluding carboxylic acids is 3. The molecule has 0 saturated heterocycles. The fourth-order valence-corrected chi connectivity index (χ4v) is 3.17. The van der Waals surface area contributed by atoms with Gasteiger partial charge in [-0.05, 0) is 32.8 Å². The minimum absolute atomic E-state index is 0.0189. The molecule has 0 aromatic heterocycles. The van der Waals surface area contributed by atoms with Gasteiger partial charge < -0.3 is 20.1 Å². The summed E-state index contributed by atoms with van der Waals surface area (Å²) >= 11 is 0. The predicted octanol–water partition coefficient (Wildman–Crippen LogP) is 3.17. The molecule has 0 heterocycles. The van der Waals surface area contributed by atoms with Crippen LogP contribution in [0.5, 0.6) is 0 Å². The maximum absolute atomic E-state index is 13.9. The second-order valence-electron chi connectivity index (χ2n) is 8.32. The zero-order valence-electron chi connectivity index (χ0n) is 17.4. The molecule has 30 heavy (non-hydrogen) atoms. The third-order valence-electron chi connectivity index (χ3n) is 4.51. The van der Waals surface area contributed by atoms with Gasteiger partial charge in [-0.25, -0.2) is 13.6 Å². The fraction of sp³-hybridized carbons (Fsp3) is 0.571. The molecular formula is C21H28F2N2O5. The lowest BCUT2D eigenvalue weighted by Gasteiger charge is -2.35. The molecule has 166 valence electrons. The standard InChI is InChI=1S/C21H28F2N2O5/c1-20(2,3)30-17(26)12-24-18(27)15-11-21(22,23)10-9-16(15)25-19(28)29-13-14-7-5-4-6-8-14/h4-8,15-16H,9-13H2,1-3H3,(H,24,27)(H,25,28)/t15-,16-/m1/s1. The van der Waals surface area contributed by atoms with Crippen molar-refractivity contribution in [1.82, 2.24) is 10.6 Å². The number of hydrogen-bond donors (Lipinski definition) is 2. The molecule has 1 aliphatic rings. The highest BCUT2D eigenvalue weighted by molar-refractivity contribution is 5.84. The number of ether oxygens (including phenoxy) is 2. The third-order valence-corrected chi connectivity index (χ3v) is 4.51. The lowest BCUT2D eigenvalue weighted by molar-refractivity contribution is -0.155. The van der Waals surface area contributed by atoms with Crippen LogP contribution in [0.4, 0.5) is 13.6 Å². The van der Waals surface area contributed by atoms with Crippen LogP contribution in [-0.2, 0) is 25.7 Å². The summed E-state index contributed by atoms with van der Waals surface area (Å²) in [6.45, 7) is 4.61. The van der Waals surface area contributed by atoms with Gasteiger partial charge in [0.1, 0.15) is 18.8 Å². The highest BCUT2D eigenvalue weighted by Gasteiger charge is 2.45. The highest BCUT2D eigenvalue weighted by Crippen LogP contribution is 2.37. The van der Waals surface area contributed by atoms with Gasteiger partial charge in [-0.1, -0.05) is 30.3 Å². The summed E-state index contributed by atoms with van der Waals surface area (Å²) in [6.07, 6.45) is -2.06. The van der Waals surface area contributed by atoms with Crippen molar-refractivity contribution in [3.05, 3.63) is 35.9 Å². The molecule has 1 aliphatic carbocycles. The second kappa shape index (κ2) is 9.86. The highest BCUT2D eigenvalue weighted by atomic mass is 19.3. The largest absolute Gasteiger partial charge is 0.459 e. The lowest BCUT2D eigenvalue weighted by atomic mass is 9.81. The molecule has 1 saturated carbocycles. The Morgan fingerprint density at radius 1 is 1.17 bits per heavy atom. The normalized spacial score (nSPS) is 20.7. The predicted molar refractivity (Wildman–Crippen MR) is 105 cm³/mol. The molecule has 1 fully saturated rings. The van der Waals surface area contributed by atoms with E-state index in [2.05, 4.69) is 10.6 Å². The van der Waals surface area contributed by atoms with E-state index in [0.29, 0.717) is 0 Å². The number of esters is 1. The topological polar surface area (TPSA) is 93.7 Å². The van der Waals surface area contributed by atoms with Crippen LogP contribution in [0, 0.1) is 5.92 Å². The number of rotatable bonds is 6. The molecule has 0 spiro atoms. The van der Waals surface area contributed by atoms with Crippen molar-refractivity contribution in [3.8, 4) is 0 Å². The number of halogens is 2. The van der Waals surface area contributed by atoms with Crippen molar-refractivity contribution in [2.75, 3.05) is 6.54 Å². The Balaban J connectivity index is 1.92. The van der Waals surface area contributed by atoms with Crippen LogP contribution in [0.2, 0.25) is 0 Å². The van der Waals surface area contributed by atoms with Gasteiger partial charge in [-0.3, -0.25) is 9.59 Å². The van der Waals surface area contributed by atoms with Crippen LogP contribution in [0.25, 0.3) is 0 Å². The van der Waals surface area contributed by atoms with Crippen molar-refractivity contribution in [1.29, 1.82) is 0 Å². The van der Waals surface area contributed by atoms with Gasteiger partial charge in [0, 0.05) is 18.9 Å². The number of alkyl halides is 2. The van der Waals surface area contributed by atoms with Crippen molar-refractivity contribution >= 4 is 18.0 Å². The smallest absolute Gasteiger partial charge is 0.407 e. The summed E-state index contributed by atoms with van der Waals surface area (Å²) in [4.78, 5) is 36.4. The molecule has 2 atom stereocenters. The van der Waals surface area contributed by atoms with Crippen molar-refractivity contribution < 1.29 is 32.6 Å². The van der Waals surface area contributed by atoms with E-state index in [1.165, 1.54) is 0 Å². The van der Waals surface area contributed by atoms with Crippen LogP contribution in [0.15, 0.2) is 30.3 Å². The Morgan fingerprint density at radius 3 is 2.47 bits per heavy atom. The van der Waals surface area contributed by atoms with Crippen molar-refractivity contribution in [3.63, 3.8) is 0 Å². The molecule has 0 aliphatic heterocycles. The molecule has 9 heteroatoms. The summed E-state index contributed by atoms with van der Waals surface area (Å²) < 4.78 is 38.0. The minimum atomic E-state index is -3.03. The molecule has 7 nitrogen and oxygen atoms in total. The Labute approximate surface area is 174 Å². The Morgan fingerprint density at radius 2 is 1.83 bits per heavy atom. The molecule has 2 N–H and O–H groups in total. The number of carbonyl (C=O) groups is 3. The van der Waals surface area contributed by atoms with Crippen molar-refractivity contribution in [2.45, 2.75) is 64.2 Å². The summed E-state index contributed by atoms with van der Waals surface area (Å²) in [6, 6.07) is 8.15. The molecule has 2 amide bonds. The SMILES string of the molecule is CC(C)(C)OC(=O)CNC(=O)[C@@H]1CC(F)(F)CC[C@H]1NC(=O)OCc1ccccc1. The number of benzene rings is 1. The molecule has 0 unspecified atom stereocenters. The Hall–Kier alpha value is -2.71. The van der Waals surface area contributed by atoms with E-state index in [9.17, 15) is 23.2 Å². The average Bonchev–Trinajstić information content (AvgIpc) is 2.65. The van der Waals surface area contributed by atoms with Gasteiger partial charge in [-0.2, -0.15) is 0 Å². The first-order chi connectivity index (χ1) is 14.0. The number of alkyl carbamates (subject to hydrolysis) is 1. The molecule has 2 rings (SSSR count). The van der Waals surface area contributed by atoms with Crippen LogP contribution in [-0.4, -0.2) is 42.1 Å². The lowest BCUT2D eigenvalue weighted by Crippen LogP contribution is -2.52. The zero-order valence-corrected chi connectivity index (χ0v) is 17.4. The first kappa shape index (κ1) is 23.6. The van der Waals surface area contributed by atoms with E-state index in [-0.39, 0.29) is 13.0 Å². The summed E-state index contributed by atoms with van der Waals surface area (Å²) in [5.41, 5.74) is 0.0428. The van der Waals surface area contributed by atoms with E-state index in [0.717, 1.165) is 5.56 Å². The fourth-order valence-electron chi connectivity index (χ4n) is 3.17. The summed E-state index contributed by atoms with van der Waals surface area (Å²) in [5, 5.41) is 4.85. The molecule has 0 radical (unpaired) electrons. The van der Waals surface area contributed by atoms with Crippen LogP contribution < -0.4 is 10.6 Å². The molecule has 0 bridgehead atoms. The van der Waals surface area contributed by atoms with Crippen LogP contribution in [0.3, 0.4) is 0 Å². The maximum Gasteiger partial charge on any atom is 0.407 e. The summed E-state index contributed by atoms with van der Waals surface area (Å²) in [7, 11) is 0. The third kappa shape index (κ3) is 7.96. The zero-order chi connectivity index (χ0) is 22.4. The van der Waals surface area contributed by atoms with Crippen LogP contribution in [0.1, 0.15) is 45.6 Å². The van der Waals surface area contributed by atoms with Gasteiger partial charge >= 0.3 is 12.1 Å². The molecule has 1 aromatic carbocycles. The average molecular weight is 426 g/mol. The second-order valence-corrected chi connectivity index (χ2v) is 8.32. The number of nitrogens with one attached hydrogen (secondary N) is 2. The van der Waals surface area contributed by atoms with E-state index >= 15 is 0 Å². The van der Waals surface area contributed by atoms with Gasteiger partial charge in [0.15, 0.2) is 0 Å². The number of hydrogen-bond acceptors (Lipinski definition) is 5. The van der Waals surface area contributed by atoms with E-state index in [1.54, 1.807) is 45.0 Å². The monoisotopic (exact) mass is 426 g/mol. The van der Waals surface area contributed by atoms with Gasteiger partial charge in [-0.15, -0.1) is 0 Å². The van der Waals surface area contributed by atoms with E-state index in [4.69, 9.17) is 9.47 Å². The van der Waals surface area contributed by atoms with Crippen LogP contribution >= 0.6 is 0 Å². The van der Waals surface area contributed by atoms with E-state index < -0.39 is 60.8 Å².